The van der Waals surface area contributed by atoms with Gasteiger partial charge in [-0.25, -0.2) is 4.79 Å². The molecule has 168 valence electrons. The normalized spacial score (nSPS) is 19.2. The molecule has 0 radical (unpaired) electrons. The molecule has 2 aromatic rings. The van der Waals surface area contributed by atoms with Crippen LogP contribution in [-0.4, -0.2) is 66.9 Å². The molecule has 0 spiro atoms. The van der Waals surface area contributed by atoms with Crippen LogP contribution in [0.3, 0.4) is 0 Å². The molecule has 1 fully saturated rings. The van der Waals surface area contributed by atoms with E-state index < -0.39 is 24.2 Å². The van der Waals surface area contributed by atoms with Crippen LogP contribution in [0.15, 0.2) is 48.5 Å². The molecule has 0 bridgehead atoms. The van der Waals surface area contributed by atoms with E-state index in [9.17, 15) is 14.4 Å². The summed E-state index contributed by atoms with van der Waals surface area (Å²) in [6, 6.07) is 15.7. The molecule has 32 heavy (non-hydrogen) atoms. The van der Waals surface area contributed by atoms with Gasteiger partial charge in [-0.2, -0.15) is 0 Å². The lowest BCUT2D eigenvalue weighted by Gasteiger charge is -2.24. The first kappa shape index (κ1) is 21.8. The highest BCUT2D eigenvalue weighted by atomic mass is 16.6. The van der Waals surface area contributed by atoms with Gasteiger partial charge < -0.3 is 24.8 Å². The Kier molecular flexibility index (Phi) is 6.41. The zero-order valence-corrected chi connectivity index (χ0v) is 17.8. The first-order valence-electron chi connectivity index (χ1n) is 10.7. The maximum Gasteiger partial charge on any atom is 0.407 e. The molecule has 1 heterocycles. The van der Waals surface area contributed by atoms with Gasteiger partial charge in [0, 0.05) is 26.1 Å². The van der Waals surface area contributed by atoms with E-state index in [2.05, 4.69) is 17.4 Å². The minimum atomic E-state index is -0.981. The Balaban J connectivity index is 1.36. The van der Waals surface area contributed by atoms with E-state index in [-0.39, 0.29) is 31.4 Å². The van der Waals surface area contributed by atoms with Crippen LogP contribution in [0.5, 0.6) is 0 Å². The van der Waals surface area contributed by atoms with Crippen molar-refractivity contribution in [3.8, 4) is 11.1 Å². The van der Waals surface area contributed by atoms with E-state index in [4.69, 9.17) is 14.6 Å². The smallest absolute Gasteiger partial charge is 0.407 e. The average Bonchev–Trinajstić information content (AvgIpc) is 3.38. The predicted octanol–water partition coefficient (Wildman–Crippen LogP) is 2.62. The van der Waals surface area contributed by atoms with Crippen LogP contribution in [0.2, 0.25) is 0 Å². The number of fused-ring (bicyclic) bond motifs is 3. The molecule has 0 aromatic heterocycles. The van der Waals surface area contributed by atoms with Crippen molar-refractivity contribution in [3.63, 3.8) is 0 Å². The number of aliphatic carboxylic acids is 1. The van der Waals surface area contributed by atoms with Gasteiger partial charge in [0.15, 0.2) is 6.10 Å². The second kappa shape index (κ2) is 9.40. The number of carboxylic acid groups (broad SMARTS) is 1. The highest BCUT2D eigenvalue weighted by Crippen LogP contribution is 2.44. The molecule has 8 heteroatoms. The molecule has 4 rings (SSSR count). The summed E-state index contributed by atoms with van der Waals surface area (Å²) in [4.78, 5) is 37.2. The fourth-order valence-electron chi connectivity index (χ4n) is 4.36. The monoisotopic (exact) mass is 438 g/mol. The second-order valence-corrected chi connectivity index (χ2v) is 8.06. The number of hydrogen-bond donors (Lipinski definition) is 2. The van der Waals surface area contributed by atoms with Crippen molar-refractivity contribution in [1.82, 2.24) is 10.2 Å². The Labute approximate surface area is 186 Å². The van der Waals surface area contributed by atoms with E-state index in [1.54, 1.807) is 0 Å². The van der Waals surface area contributed by atoms with Crippen molar-refractivity contribution in [2.24, 2.45) is 0 Å². The van der Waals surface area contributed by atoms with Crippen molar-refractivity contribution in [2.45, 2.75) is 30.9 Å². The third-order valence-electron chi connectivity index (χ3n) is 6.02. The van der Waals surface area contributed by atoms with Crippen molar-refractivity contribution in [2.75, 3.05) is 26.8 Å². The van der Waals surface area contributed by atoms with Crippen molar-refractivity contribution in [3.05, 3.63) is 59.7 Å². The van der Waals surface area contributed by atoms with Crippen LogP contribution >= 0.6 is 0 Å². The van der Waals surface area contributed by atoms with E-state index in [0.29, 0.717) is 13.0 Å². The molecule has 1 saturated heterocycles. The number of nitrogens with zero attached hydrogens (tertiary/aromatic N) is 1. The van der Waals surface area contributed by atoms with Crippen LogP contribution in [0.4, 0.5) is 4.79 Å². The lowest BCUT2D eigenvalue weighted by molar-refractivity contribution is -0.142. The third kappa shape index (κ3) is 4.45. The van der Waals surface area contributed by atoms with Gasteiger partial charge in [-0.1, -0.05) is 48.5 Å². The third-order valence-corrected chi connectivity index (χ3v) is 6.02. The number of nitrogens with one attached hydrogen (secondary N) is 1. The van der Waals surface area contributed by atoms with Crippen molar-refractivity contribution < 1.29 is 29.0 Å². The van der Waals surface area contributed by atoms with Crippen LogP contribution in [0.1, 0.15) is 29.9 Å². The van der Waals surface area contributed by atoms with Gasteiger partial charge in [0.05, 0.1) is 12.5 Å². The van der Waals surface area contributed by atoms with Gasteiger partial charge >= 0.3 is 12.1 Å². The Morgan fingerprint density at radius 1 is 1.09 bits per heavy atom. The predicted molar refractivity (Wildman–Crippen MR) is 116 cm³/mol. The minimum Gasteiger partial charge on any atom is -0.481 e. The van der Waals surface area contributed by atoms with Crippen LogP contribution in [0.25, 0.3) is 11.1 Å². The number of carboxylic acids is 1. The number of amides is 2. The largest absolute Gasteiger partial charge is 0.481 e. The molecular weight excluding hydrogens is 412 g/mol. The Bertz CT molecular complexity index is 978. The fourth-order valence-corrected chi connectivity index (χ4v) is 4.36. The minimum absolute atomic E-state index is 0.0486. The lowest BCUT2D eigenvalue weighted by Crippen LogP contribution is -2.49. The summed E-state index contributed by atoms with van der Waals surface area (Å²) in [6.07, 6.45) is -1.13. The second-order valence-electron chi connectivity index (χ2n) is 8.06. The molecular formula is C24H26N2O6. The molecule has 1 aliphatic carbocycles. The van der Waals surface area contributed by atoms with Gasteiger partial charge in [-0.15, -0.1) is 0 Å². The Hall–Kier alpha value is -3.39. The topological polar surface area (TPSA) is 105 Å². The standard InChI is InChI=1S/C24H26N2O6/c1-26(12-10-21(27)28)23(29)22-20(11-13-31-22)25-24(30)32-14-19-17-8-4-2-6-15(17)16-7-3-5-9-18(16)19/h2-9,19-20,22H,10-14H2,1H3,(H,25,30)(H,27,28). The van der Waals surface area contributed by atoms with Gasteiger partial charge in [-0.05, 0) is 28.7 Å². The maximum absolute atomic E-state index is 12.6. The van der Waals surface area contributed by atoms with Crippen LogP contribution in [0, 0.1) is 0 Å². The first-order valence-corrected chi connectivity index (χ1v) is 10.7. The average molecular weight is 438 g/mol. The molecule has 2 atom stereocenters. The maximum atomic E-state index is 12.6. The van der Waals surface area contributed by atoms with Crippen molar-refractivity contribution >= 4 is 18.0 Å². The van der Waals surface area contributed by atoms with Gasteiger partial charge in [0.25, 0.3) is 5.91 Å². The molecule has 2 unspecified atom stereocenters. The zero-order chi connectivity index (χ0) is 22.7. The zero-order valence-electron chi connectivity index (χ0n) is 17.8. The molecule has 2 N–H and O–H groups in total. The number of alkyl carbamates (subject to hydrolysis) is 1. The lowest BCUT2D eigenvalue weighted by atomic mass is 9.98. The highest BCUT2D eigenvalue weighted by Gasteiger charge is 2.37. The summed E-state index contributed by atoms with van der Waals surface area (Å²) in [5.41, 5.74) is 4.55. The summed E-state index contributed by atoms with van der Waals surface area (Å²) in [5.74, 6) is -1.38. The molecule has 0 saturated carbocycles. The number of likely N-dealkylation sites (N-methyl/N-ethyl adjacent to an activating group) is 1. The van der Waals surface area contributed by atoms with E-state index in [0.717, 1.165) is 22.3 Å². The van der Waals surface area contributed by atoms with Gasteiger partial charge in [-0.3, -0.25) is 9.59 Å². The number of benzene rings is 2. The molecule has 1 aliphatic heterocycles. The Morgan fingerprint density at radius 3 is 2.34 bits per heavy atom. The number of rotatable bonds is 7. The quantitative estimate of drug-likeness (QED) is 0.689. The summed E-state index contributed by atoms with van der Waals surface area (Å²) in [7, 11) is 1.53. The van der Waals surface area contributed by atoms with E-state index in [1.165, 1.54) is 11.9 Å². The Morgan fingerprint density at radius 2 is 1.72 bits per heavy atom. The van der Waals surface area contributed by atoms with Gasteiger partial charge in [0.1, 0.15) is 6.61 Å². The molecule has 2 aliphatic rings. The summed E-state index contributed by atoms with van der Waals surface area (Å²) >= 11 is 0. The molecule has 2 amide bonds. The summed E-state index contributed by atoms with van der Waals surface area (Å²) in [6.45, 7) is 0.591. The summed E-state index contributed by atoms with van der Waals surface area (Å²) in [5, 5.41) is 11.6. The fraction of sp³-hybridized carbons (Fsp3) is 0.375. The van der Waals surface area contributed by atoms with E-state index >= 15 is 0 Å². The van der Waals surface area contributed by atoms with Crippen molar-refractivity contribution in [1.29, 1.82) is 0 Å². The van der Waals surface area contributed by atoms with Gasteiger partial charge in [0.2, 0.25) is 0 Å². The number of carbonyl (C=O) groups is 3. The SMILES string of the molecule is CN(CCC(=O)O)C(=O)C1OCCC1NC(=O)OCC1c2ccccc2-c2ccccc21. The number of ether oxygens (including phenoxy) is 2. The number of hydrogen-bond acceptors (Lipinski definition) is 5. The molecule has 2 aromatic carbocycles. The first-order chi connectivity index (χ1) is 15.5. The highest BCUT2D eigenvalue weighted by molar-refractivity contribution is 5.83. The molecule has 8 nitrogen and oxygen atoms in total. The summed E-state index contributed by atoms with van der Waals surface area (Å²) < 4.78 is 11.1. The van der Waals surface area contributed by atoms with E-state index in [1.807, 2.05) is 36.4 Å². The number of carbonyl (C=O) groups excluding carboxylic acids is 2. The van der Waals surface area contributed by atoms with Crippen LogP contribution in [-0.2, 0) is 19.1 Å². The van der Waals surface area contributed by atoms with Crippen LogP contribution < -0.4 is 5.32 Å².